The Morgan fingerprint density at radius 2 is 1.58 bits per heavy atom. The number of rotatable bonds is 11. The third-order valence-corrected chi connectivity index (χ3v) is 7.71. The maximum absolute atomic E-state index is 13.5. The van der Waals surface area contributed by atoms with Crippen molar-refractivity contribution in [2.24, 2.45) is 0 Å². The Kier molecular flexibility index (Phi) is 10.4. The molecule has 3 N–H and O–H groups in total. The summed E-state index contributed by atoms with van der Waals surface area (Å²) in [5.41, 5.74) is 2.32. The van der Waals surface area contributed by atoms with Crippen molar-refractivity contribution in [1.82, 2.24) is 5.32 Å². The van der Waals surface area contributed by atoms with Crippen molar-refractivity contribution in [2.75, 3.05) is 30.5 Å². The van der Waals surface area contributed by atoms with Crippen molar-refractivity contribution in [1.29, 1.82) is 0 Å². The zero-order valence-corrected chi connectivity index (χ0v) is 25.7. The third kappa shape index (κ3) is 8.67. The van der Waals surface area contributed by atoms with Crippen molar-refractivity contribution in [3.05, 3.63) is 114 Å². The average molecular weight is 624 g/mol. The van der Waals surface area contributed by atoms with E-state index in [0.29, 0.717) is 59.6 Å². The molecule has 10 heteroatoms. The molecule has 1 heterocycles. The van der Waals surface area contributed by atoms with Gasteiger partial charge in [-0.05, 0) is 80.1 Å². The molecule has 1 aliphatic rings. The largest absolute Gasteiger partial charge is 0.494 e. The molecule has 4 aromatic rings. The first-order valence-corrected chi connectivity index (χ1v) is 15.4. The SMILES string of the molecule is CCOc1ccc(/C=C(/NC(=O)c2ccccc2)C(=O)Nc2cccc(SC(C)C(=O)Nc3ccc4c(c3)OCCO4)c2)cc1. The highest BCUT2D eigenvalue weighted by atomic mass is 32.2. The van der Waals surface area contributed by atoms with Crippen LogP contribution in [0.25, 0.3) is 6.08 Å². The fraction of sp³-hybridized carbons (Fsp3) is 0.171. The Balaban J connectivity index is 1.27. The molecule has 0 fully saturated rings. The maximum atomic E-state index is 13.5. The zero-order chi connectivity index (χ0) is 31.6. The zero-order valence-electron chi connectivity index (χ0n) is 24.9. The average Bonchev–Trinajstić information content (AvgIpc) is 3.06. The molecule has 3 amide bonds. The summed E-state index contributed by atoms with van der Waals surface area (Å²) in [6, 6.07) is 28.4. The van der Waals surface area contributed by atoms with Gasteiger partial charge in [0.15, 0.2) is 11.5 Å². The predicted octanol–water partition coefficient (Wildman–Crippen LogP) is 6.39. The molecule has 45 heavy (non-hydrogen) atoms. The van der Waals surface area contributed by atoms with Crippen LogP contribution in [0.4, 0.5) is 11.4 Å². The minimum absolute atomic E-state index is 0.0678. The van der Waals surface area contributed by atoms with Gasteiger partial charge in [-0.1, -0.05) is 36.4 Å². The van der Waals surface area contributed by atoms with Gasteiger partial charge in [-0.25, -0.2) is 0 Å². The Hall–Kier alpha value is -5.22. The van der Waals surface area contributed by atoms with E-state index in [9.17, 15) is 14.4 Å². The molecule has 230 valence electrons. The maximum Gasteiger partial charge on any atom is 0.272 e. The van der Waals surface area contributed by atoms with Gasteiger partial charge in [0, 0.05) is 27.9 Å². The van der Waals surface area contributed by atoms with Crippen LogP contribution in [0.5, 0.6) is 17.2 Å². The van der Waals surface area contributed by atoms with E-state index in [1.165, 1.54) is 11.8 Å². The quantitative estimate of drug-likeness (QED) is 0.131. The van der Waals surface area contributed by atoms with Crippen LogP contribution >= 0.6 is 11.8 Å². The molecule has 1 atom stereocenters. The minimum atomic E-state index is -0.500. The van der Waals surface area contributed by atoms with Gasteiger partial charge in [-0.15, -0.1) is 11.8 Å². The summed E-state index contributed by atoms with van der Waals surface area (Å²) in [5, 5.41) is 8.10. The van der Waals surface area contributed by atoms with Gasteiger partial charge >= 0.3 is 0 Å². The summed E-state index contributed by atoms with van der Waals surface area (Å²) < 4.78 is 16.7. The molecule has 0 bridgehead atoms. The molecule has 1 unspecified atom stereocenters. The first kappa shape index (κ1) is 31.2. The van der Waals surface area contributed by atoms with E-state index in [-0.39, 0.29) is 11.6 Å². The van der Waals surface area contributed by atoms with E-state index in [1.807, 2.05) is 31.2 Å². The Bertz CT molecular complexity index is 1690. The fourth-order valence-electron chi connectivity index (χ4n) is 4.40. The Labute approximate surface area is 266 Å². The van der Waals surface area contributed by atoms with Gasteiger partial charge in [0.1, 0.15) is 24.7 Å². The highest BCUT2D eigenvalue weighted by Crippen LogP contribution is 2.33. The molecule has 9 nitrogen and oxygen atoms in total. The van der Waals surface area contributed by atoms with Crippen LogP contribution in [0.15, 0.2) is 108 Å². The third-order valence-electron chi connectivity index (χ3n) is 6.61. The number of carbonyl (C=O) groups is 3. The van der Waals surface area contributed by atoms with E-state index in [2.05, 4.69) is 16.0 Å². The predicted molar refractivity (Wildman–Crippen MR) is 176 cm³/mol. The molecule has 0 radical (unpaired) electrons. The van der Waals surface area contributed by atoms with Crippen molar-refractivity contribution >= 4 is 46.9 Å². The summed E-state index contributed by atoms with van der Waals surface area (Å²) in [4.78, 5) is 40.2. The van der Waals surface area contributed by atoms with Crippen molar-refractivity contribution in [3.63, 3.8) is 0 Å². The van der Waals surface area contributed by atoms with E-state index < -0.39 is 17.1 Å². The smallest absolute Gasteiger partial charge is 0.272 e. The van der Waals surface area contributed by atoms with E-state index in [4.69, 9.17) is 14.2 Å². The lowest BCUT2D eigenvalue weighted by atomic mass is 10.1. The van der Waals surface area contributed by atoms with Gasteiger partial charge in [-0.3, -0.25) is 14.4 Å². The number of amides is 3. The highest BCUT2D eigenvalue weighted by Gasteiger charge is 2.19. The van der Waals surface area contributed by atoms with Crippen LogP contribution in [0, 0.1) is 0 Å². The number of fused-ring (bicyclic) bond motifs is 1. The lowest BCUT2D eigenvalue weighted by Gasteiger charge is -2.19. The number of carbonyl (C=O) groups excluding carboxylic acids is 3. The number of anilines is 2. The van der Waals surface area contributed by atoms with Crippen LogP contribution in [-0.4, -0.2) is 42.8 Å². The van der Waals surface area contributed by atoms with Crippen LogP contribution in [0.1, 0.15) is 29.8 Å². The fourth-order valence-corrected chi connectivity index (χ4v) is 5.33. The summed E-state index contributed by atoms with van der Waals surface area (Å²) >= 11 is 1.35. The lowest BCUT2D eigenvalue weighted by molar-refractivity contribution is -0.115. The molecule has 1 aliphatic heterocycles. The molecule has 4 aromatic carbocycles. The van der Waals surface area contributed by atoms with E-state index >= 15 is 0 Å². The summed E-state index contributed by atoms with van der Waals surface area (Å²) in [6.07, 6.45) is 1.61. The standard InChI is InChI=1S/C35H33N3O6S/c1-3-42-28-15-12-24(13-16-28)20-30(38-34(40)25-8-5-4-6-9-25)35(41)37-26-10-7-11-29(21-26)45-23(2)33(39)36-27-14-17-31-32(22-27)44-19-18-43-31/h4-17,20-23H,3,18-19H2,1-2H3,(H,36,39)(H,37,41)(H,38,40)/b30-20+. The molecule has 5 rings (SSSR count). The number of hydrogen-bond donors (Lipinski definition) is 3. The van der Waals surface area contributed by atoms with E-state index in [1.54, 1.807) is 85.8 Å². The van der Waals surface area contributed by atoms with Crippen molar-refractivity contribution < 1.29 is 28.6 Å². The first-order valence-electron chi connectivity index (χ1n) is 14.5. The van der Waals surface area contributed by atoms with Gasteiger partial charge in [0.25, 0.3) is 11.8 Å². The summed E-state index contributed by atoms with van der Waals surface area (Å²) in [5.74, 6) is 0.856. The van der Waals surface area contributed by atoms with Gasteiger partial charge in [0.05, 0.1) is 11.9 Å². The molecule has 0 saturated heterocycles. The Morgan fingerprint density at radius 1 is 0.844 bits per heavy atom. The second-order valence-corrected chi connectivity index (χ2v) is 11.4. The van der Waals surface area contributed by atoms with Crippen molar-refractivity contribution in [2.45, 2.75) is 24.0 Å². The number of hydrogen-bond acceptors (Lipinski definition) is 7. The van der Waals surface area contributed by atoms with E-state index in [0.717, 1.165) is 4.90 Å². The second kappa shape index (κ2) is 15.0. The first-order chi connectivity index (χ1) is 21.9. The lowest BCUT2D eigenvalue weighted by Crippen LogP contribution is -2.30. The van der Waals surface area contributed by atoms with Crippen LogP contribution in [0.3, 0.4) is 0 Å². The normalized spacial score (nSPS) is 12.9. The minimum Gasteiger partial charge on any atom is -0.494 e. The van der Waals surface area contributed by atoms with Crippen LogP contribution in [0.2, 0.25) is 0 Å². The van der Waals surface area contributed by atoms with Gasteiger partial charge < -0.3 is 30.2 Å². The Morgan fingerprint density at radius 3 is 2.33 bits per heavy atom. The monoisotopic (exact) mass is 623 g/mol. The number of nitrogens with one attached hydrogen (secondary N) is 3. The van der Waals surface area contributed by atoms with Gasteiger partial charge in [-0.2, -0.15) is 0 Å². The molecular weight excluding hydrogens is 590 g/mol. The van der Waals surface area contributed by atoms with Gasteiger partial charge in [0.2, 0.25) is 5.91 Å². The molecule has 0 saturated carbocycles. The molecular formula is C35H33N3O6S. The molecule has 0 spiro atoms. The molecule has 0 aromatic heterocycles. The second-order valence-electron chi connectivity index (χ2n) is 9.97. The topological polar surface area (TPSA) is 115 Å². The van der Waals surface area contributed by atoms with Crippen molar-refractivity contribution in [3.8, 4) is 17.2 Å². The highest BCUT2D eigenvalue weighted by molar-refractivity contribution is 8.00. The summed E-state index contributed by atoms with van der Waals surface area (Å²) in [7, 11) is 0. The number of thioether (sulfide) groups is 1. The van der Waals surface area contributed by atoms with Crippen LogP contribution < -0.4 is 30.2 Å². The summed E-state index contributed by atoms with van der Waals surface area (Å²) in [6.45, 7) is 5.20. The molecule has 0 aliphatic carbocycles. The number of benzene rings is 4. The van der Waals surface area contributed by atoms with Crippen LogP contribution in [-0.2, 0) is 9.59 Å². The number of ether oxygens (including phenoxy) is 3.